The lowest BCUT2D eigenvalue weighted by Crippen LogP contribution is -2.42. The molecule has 1 aliphatic rings. The third-order valence-electron chi connectivity index (χ3n) is 3.18. The first-order valence-corrected chi connectivity index (χ1v) is 6.47. The van der Waals surface area contributed by atoms with Crippen molar-refractivity contribution in [2.24, 2.45) is 5.92 Å². The molecule has 1 aromatic heterocycles. The van der Waals surface area contributed by atoms with Gasteiger partial charge in [-0.3, -0.25) is 4.79 Å². The van der Waals surface area contributed by atoms with E-state index in [1.807, 2.05) is 13.8 Å². The lowest BCUT2D eigenvalue weighted by atomic mass is 10.1. The molecule has 1 saturated carbocycles. The second-order valence-electron chi connectivity index (χ2n) is 4.46. The number of amides is 1. The van der Waals surface area contributed by atoms with E-state index in [4.69, 9.17) is 5.11 Å². The fraction of sp³-hybridized carbons (Fsp3) is 0.500. The van der Waals surface area contributed by atoms with Gasteiger partial charge in [-0.25, -0.2) is 4.79 Å². The summed E-state index contributed by atoms with van der Waals surface area (Å²) >= 11 is 1.51. The van der Waals surface area contributed by atoms with Crippen molar-refractivity contribution in [3.8, 4) is 0 Å². The van der Waals surface area contributed by atoms with Gasteiger partial charge in [-0.15, -0.1) is 11.3 Å². The number of carboxylic acid groups (broad SMARTS) is 1. The molecule has 0 bridgehead atoms. The van der Waals surface area contributed by atoms with Crippen LogP contribution in [0.4, 0.5) is 0 Å². The van der Waals surface area contributed by atoms with Crippen molar-refractivity contribution in [2.75, 3.05) is 0 Å². The SMILES string of the molecule is Cc1scc(C(=O)NC(C(=O)O)C2CC2)c1C. The molecule has 0 spiro atoms. The van der Waals surface area contributed by atoms with E-state index >= 15 is 0 Å². The summed E-state index contributed by atoms with van der Waals surface area (Å²) in [5.41, 5.74) is 1.53. The second kappa shape index (κ2) is 4.49. The summed E-state index contributed by atoms with van der Waals surface area (Å²) < 4.78 is 0. The fourth-order valence-electron chi connectivity index (χ4n) is 1.77. The largest absolute Gasteiger partial charge is 0.480 e. The van der Waals surface area contributed by atoms with Crippen LogP contribution in [0.5, 0.6) is 0 Å². The number of carboxylic acids is 1. The van der Waals surface area contributed by atoms with Crippen LogP contribution in [-0.4, -0.2) is 23.0 Å². The maximum atomic E-state index is 12.0. The third kappa shape index (κ3) is 2.49. The molecule has 1 amide bonds. The predicted molar refractivity (Wildman–Crippen MR) is 65.4 cm³/mol. The number of thiophene rings is 1. The molecule has 0 radical (unpaired) electrons. The van der Waals surface area contributed by atoms with Crippen molar-refractivity contribution in [2.45, 2.75) is 32.7 Å². The normalized spacial score (nSPS) is 16.6. The smallest absolute Gasteiger partial charge is 0.326 e. The van der Waals surface area contributed by atoms with Gasteiger partial charge in [-0.05, 0) is 38.2 Å². The van der Waals surface area contributed by atoms with Crippen LogP contribution < -0.4 is 5.32 Å². The van der Waals surface area contributed by atoms with E-state index in [-0.39, 0.29) is 11.8 Å². The number of nitrogens with one attached hydrogen (secondary N) is 1. The van der Waals surface area contributed by atoms with E-state index < -0.39 is 12.0 Å². The Hall–Kier alpha value is -1.36. The van der Waals surface area contributed by atoms with Crippen molar-refractivity contribution in [1.29, 1.82) is 0 Å². The van der Waals surface area contributed by atoms with Crippen LogP contribution in [0, 0.1) is 19.8 Å². The molecule has 1 heterocycles. The van der Waals surface area contributed by atoms with Crippen molar-refractivity contribution in [3.05, 3.63) is 21.4 Å². The standard InChI is InChI=1S/C12H15NO3S/c1-6-7(2)17-5-9(6)11(14)13-10(12(15)16)8-3-4-8/h5,8,10H,3-4H2,1-2H3,(H,13,14)(H,15,16). The average Bonchev–Trinajstić information content (AvgIpc) is 3.04. The number of rotatable bonds is 4. The van der Waals surface area contributed by atoms with Gasteiger partial charge in [0.05, 0.1) is 5.56 Å². The molecule has 0 aromatic carbocycles. The maximum absolute atomic E-state index is 12.0. The van der Waals surface area contributed by atoms with Gasteiger partial charge in [0, 0.05) is 10.3 Å². The molecule has 5 heteroatoms. The first kappa shape index (κ1) is 12.1. The third-order valence-corrected chi connectivity index (χ3v) is 4.19. The zero-order valence-electron chi connectivity index (χ0n) is 9.82. The fourth-order valence-corrected chi connectivity index (χ4v) is 2.63. The Morgan fingerprint density at radius 1 is 1.47 bits per heavy atom. The highest BCUT2D eigenvalue weighted by Gasteiger charge is 2.37. The molecular formula is C12H15NO3S. The second-order valence-corrected chi connectivity index (χ2v) is 5.54. The highest BCUT2D eigenvalue weighted by molar-refractivity contribution is 7.10. The van der Waals surface area contributed by atoms with Crippen molar-refractivity contribution >= 4 is 23.2 Å². The lowest BCUT2D eigenvalue weighted by molar-refractivity contribution is -0.139. The number of hydrogen-bond acceptors (Lipinski definition) is 3. The maximum Gasteiger partial charge on any atom is 0.326 e. The van der Waals surface area contributed by atoms with E-state index in [0.29, 0.717) is 5.56 Å². The summed E-state index contributed by atoms with van der Waals surface area (Å²) in [7, 11) is 0. The van der Waals surface area contributed by atoms with E-state index in [1.54, 1.807) is 5.38 Å². The highest BCUT2D eigenvalue weighted by Crippen LogP contribution is 2.33. The van der Waals surface area contributed by atoms with Gasteiger partial charge in [0.25, 0.3) is 5.91 Å². The van der Waals surface area contributed by atoms with Gasteiger partial charge >= 0.3 is 5.97 Å². The molecule has 0 saturated heterocycles. The summed E-state index contributed by atoms with van der Waals surface area (Å²) in [6.07, 6.45) is 1.78. The Balaban J connectivity index is 2.10. The van der Waals surface area contributed by atoms with E-state index in [2.05, 4.69) is 5.32 Å². The van der Waals surface area contributed by atoms with Gasteiger partial charge in [-0.1, -0.05) is 0 Å². The Morgan fingerprint density at radius 3 is 2.53 bits per heavy atom. The van der Waals surface area contributed by atoms with Gasteiger partial charge in [0.1, 0.15) is 6.04 Å². The molecule has 1 atom stereocenters. The molecule has 4 nitrogen and oxygen atoms in total. The molecule has 2 N–H and O–H groups in total. The molecule has 1 aliphatic carbocycles. The molecule has 1 fully saturated rings. The number of aryl methyl sites for hydroxylation is 1. The predicted octanol–water partition coefficient (Wildman–Crippen LogP) is 1.96. The molecule has 1 unspecified atom stereocenters. The van der Waals surface area contributed by atoms with Gasteiger partial charge in [0.2, 0.25) is 0 Å². The minimum absolute atomic E-state index is 0.108. The van der Waals surface area contributed by atoms with Crippen LogP contribution >= 0.6 is 11.3 Å². The Labute approximate surface area is 104 Å². The van der Waals surface area contributed by atoms with Crippen LogP contribution in [0.3, 0.4) is 0 Å². The Kier molecular flexibility index (Phi) is 3.19. The van der Waals surface area contributed by atoms with Crippen LogP contribution in [0.2, 0.25) is 0 Å². The minimum atomic E-state index is -0.939. The molecule has 92 valence electrons. The van der Waals surface area contributed by atoms with Gasteiger partial charge in [0.15, 0.2) is 0 Å². The van der Waals surface area contributed by atoms with Gasteiger partial charge < -0.3 is 10.4 Å². The molecule has 17 heavy (non-hydrogen) atoms. The van der Waals surface area contributed by atoms with E-state index in [1.165, 1.54) is 11.3 Å². The zero-order chi connectivity index (χ0) is 12.6. The van der Waals surface area contributed by atoms with Gasteiger partial charge in [-0.2, -0.15) is 0 Å². The molecule has 2 rings (SSSR count). The van der Waals surface area contributed by atoms with Crippen molar-refractivity contribution < 1.29 is 14.7 Å². The summed E-state index contributed by atoms with van der Waals surface area (Å²) in [5.74, 6) is -1.10. The van der Waals surface area contributed by atoms with Crippen LogP contribution in [0.1, 0.15) is 33.6 Å². The summed E-state index contributed by atoms with van der Waals surface area (Å²) in [6, 6.07) is -0.734. The minimum Gasteiger partial charge on any atom is -0.480 e. The number of aliphatic carboxylic acids is 1. The van der Waals surface area contributed by atoms with Crippen LogP contribution in [-0.2, 0) is 4.79 Å². The topological polar surface area (TPSA) is 66.4 Å². The molecule has 1 aromatic rings. The number of hydrogen-bond donors (Lipinski definition) is 2. The first-order valence-electron chi connectivity index (χ1n) is 5.59. The first-order chi connectivity index (χ1) is 8.00. The zero-order valence-corrected chi connectivity index (χ0v) is 10.6. The highest BCUT2D eigenvalue weighted by atomic mass is 32.1. The van der Waals surface area contributed by atoms with Crippen LogP contribution in [0.25, 0.3) is 0 Å². The van der Waals surface area contributed by atoms with E-state index in [9.17, 15) is 9.59 Å². The Morgan fingerprint density at radius 2 is 2.12 bits per heavy atom. The quantitative estimate of drug-likeness (QED) is 0.862. The Bertz CT molecular complexity index is 462. The van der Waals surface area contributed by atoms with Crippen molar-refractivity contribution in [3.63, 3.8) is 0 Å². The average molecular weight is 253 g/mol. The molecular weight excluding hydrogens is 238 g/mol. The monoisotopic (exact) mass is 253 g/mol. The molecule has 0 aliphatic heterocycles. The lowest BCUT2D eigenvalue weighted by Gasteiger charge is -2.13. The van der Waals surface area contributed by atoms with Crippen LogP contribution in [0.15, 0.2) is 5.38 Å². The van der Waals surface area contributed by atoms with Crippen molar-refractivity contribution in [1.82, 2.24) is 5.32 Å². The number of carbonyl (C=O) groups excluding carboxylic acids is 1. The number of carbonyl (C=O) groups is 2. The summed E-state index contributed by atoms with van der Waals surface area (Å²) in [4.78, 5) is 24.1. The summed E-state index contributed by atoms with van der Waals surface area (Å²) in [6.45, 7) is 3.83. The summed E-state index contributed by atoms with van der Waals surface area (Å²) in [5, 5.41) is 13.4. The van der Waals surface area contributed by atoms with E-state index in [0.717, 1.165) is 23.3 Å².